The summed E-state index contributed by atoms with van der Waals surface area (Å²) in [6.07, 6.45) is 0.0589. The Labute approximate surface area is 123 Å². The topological polar surface area (TPSA) is 99.6 Å². The summed E-state index contributed by atoms with van der Waals surface area (Å²) in [5, 5.41) is 18.9. The standard InChI is InChI=1S/C15H19N3O3/c16-7-11-3-1-2-4-14(11)21-10-13(19)9-18-6-5-12(8-18)15(17)20/h1-4,12-13,19H,5-6,8-10H2,(H2,17,20). The number of ether oxygens (including phenoxy) is 1. The minimum atomic E-state index is -0.677. The number of para-hydroxylation sites is 1. The molecule has 1 aliphatic rings. The number of hydrogen-bond acceptors (Lipinski definition) is 5. The fourth-order valence-corrected chi connectivity index (χ4v) is 2.45. The van der Waals surface area contributed by atoms with Crippen LogP contribution < -0.4 is 10.5 Å². The van der Waals surface area contributed by atoms with Crippen molar-refractivity contribution in [1.29, 1.82) is 5.26 Å². The number of nitrogens with two attached hydrogens (primary N) is 1. The summed E-state index contributed by atoms with van der Waals surface area (Å²) in [5.41, 5.74) is 5.72. The van der Waals surface area contributed by atoms with Crippen molar-refractivity contribution in [1.82, 2.24) is 4.90 Å². The second kappa shape index (κ2) is 7.07. The van der Waals surface area contributed by atoms with Gasteiger partial charge in [0.25, 0.3) is 0 Å². The van der Waals surface area contributed by atoms with Crippen LogP contribution in [0.2, 0.25) is 0 Å². The van der Waals surface area contributed by atoms with Crippen molar-refractivity contribution in [3.05, 3.63) is 29.8 Å². The van der Waals surface area contributed by atoms with E-state index in [0.29, 0.717) is 24.4 Å². The lowest BCUT2D eigenvalue weighted by Crippen LogP contribution is -2.35. The van der Waals surface area contributed by atoms with Crippen molar-refractivity contribution in [3.63, 3.8) is 0 Å². The number of likely N-dealkylation sites (tertiary alicyclic amines) is 1. The Morgan fingerprint density at radius 3 is 3.00 bits per heavy atom. The number of hydrogen-bond donors (Lipinski definition) is 2. The molecule has 21 heavy (non-hydrogen) atoms. The predicted molar refractivity (Wildman–Crippen MR) is 76.4 cm³/mol. The van der Waals surface area contributed by atoms with Crippen molar-refractivity contribution >= 4 is 5.91 Å². The van der Waals surface area contributed by atoms with Crippen molar-refractivity contribution in [3.8, 4) is 11.8 Å². The van der Waals surface area contributed by atoms with E-state index >= 15 is 0 Å². The number of nitriles is 1. The average Bonchev–Trinajstić information content (AvgIpc) is 2.94. The van der Waals surface area contributed by atoms with Crippen LogP contribution in [0.5, 0.6) is 5.75 Å². The first-order valence-corrected chi connectivity index (χ1v) is 6.92. The number of carbonyl (C=O) groups excluding carboxylic acids is 1. The van der Waals surface area contributed by atoms with Crippen LogP contribution in [-0.4, -0.2) is 48.3 Å². The number of primary amides is 1. The average molecular weight is 289 g/mol. The van der Waals surface area contributed by atoms with Crippen LogP contribution in [-0.2, 0) is 4.79 Å². The van der Waals surface area contributed by atoms with Gasteiger partial charge in [-0.2, -0.15) is 5.26 Å². The molecule has 0 saturated carbocycles. The molecule has 1 aromatic carbocycles. The third-order valence-electron chi connectivity index (χ3n) is 3.58. The van der Waals surface area contributed by atoms with E-state index in [-0.39, 0.29) is 18.4 Å². The van der Waals surface area contributed by atoms with E-state index in [4.69, 9.17) is 15.7 Å². The number of aliphatic hydroxyl groups is 1. The summed E-state index contributed by atoms with van der Waals surface area (Å²) in [7, 11) is 0. The molecule has 0 spiro atoms. The van der Waals surface area contributed by atoms with E-state index in [1.165, 1.54) is 0 Å². The Morgan fingerprint density at radius 2 is 2.33 bits per heavy atom. The zero-order valence-corrected chi connectivity index (χ0v) is 11.7. The summed E-state index contributed by atoms with van der Waals surface area (Å²) in [6.45, 7) is 1.87. The van der Waals surface area contributed by atoms with Gasteiger partial charge < -0.3 is 15.6 Å². The lowest BCUT2D eigenvalue weighted by Gasteiger charge is -2.20. The third kappa shape index (κ3) is 4.18. The highest BCUT2D eigenvalue weighted by Crippen LogP contribution is 2.18. The van der Waals surface area contributed by atoms with Crippen molar-refractivity contribution in [2.75, 3.05) is 26.2 Å². The van der Waals surface area contributed by atoms with Crippen LogP contribution in [0.4, 0.5) is 0 Å². The van der Waals surface area contributed by atoms with Crippen molar-refractivity contribution < 1.29 is 14.6 Å². The molecule has 1 saturated heterocycles. The summed E-state index contributed by atoms with van der Waals surface area (Å²) >= 11 is 0. The van der Waals surface area contributed by atoms with Gasteiger partial charge in [0, 0.05) is 13.1 Å². The Kier molecular flexibility index (Phi) is 5.14. The molecule has 0 radical (unpaired) electrons. The number of aliphatic hydroxyl groups excluding tert-OH is 1. The number of amides is 1. The quantitative estimate of drug-likeness (QED) is 0.774. The Hall–Kier alpha value is -2.10. The molecule has 6 heteroatoms. The number of rotatable bonds is 6. The first-order chi connectivity index (χ1) is 10.1. The second-order valence-electron chi connectivity index (χ2n) is 5.22. The van der Waals surface area contributed by atoms with Crippen LogP contribution in [0.25, 0.3) is 0 Å². The molecule has 0 aromatic heterocycles. The summed E-state index contributed by atoms with van der Waals surface area (Å²) in [5.74, 6) is 0.0547. The molecule has 1 aliphatic heterocycles. The Bertz CT molecular complexity index is 541. The summed E-state index contributed by atoms with van der Waals surface area (Å²) < 4.78 is 5.48. The van der Waals surface area contributed by atoms with Gasteiger partial charge in [0.15, 0.2) is 0 Å². The maximum absolute atomic E-state index is 11.1. The largest absolute Gasteiger partial charge is 0.489 e. The first kappa shape index (κ1) is 15.3. The minimum Gasteiger partial charge on any atom is -0.489 e. The van der Waals surface area contributed by atoms with E-state index in [0.717, 1.165) is 13.0 Å². The fraction of sp³-hybridized carbons (Fsp3) is 0.467. The molecular formula is C15H19N3O3. The summed E-state index contributed by atoms with van der Waals surface area (Å²) in [4.78, 5) is 13.1. The maximum atomic E-state index is 11.1. The van der Waals surface area contributed by atoms with Crippen molar-refractivity contribution in [2.45, 2.75) is 12.5 Å². The Balaban J connectivity index is 1.79. The van der Waals surface area contributed by atoms with Gasteiger partial charge in [-0.1, -0.05) is 12.1 Å². The molecule has 112 valence electrons. The van der Waals surface area contributed by atoms with Gasteiger partial charge in [-0.05, 0) is 25.1 Å². The van der Waals surface area contributed by atoms with Crippen LogP contribution in [0.3, 0.4) is 0 Å². The number of β-amino-alcohol motifs (C(OH)–C–C–N with tert-alkyl or cyclic N) is 1. The molecule has 2 atom stereocenters. The maximum Gasteiger partial charge on any atom is 0.221 e. The monoisotopic (exact) mass is 289 g/mol. The molecule has 1 fully saturated rings. The predicted octanol–water partition coefficient (Wildman–Crippen LogP) is 0.105. The van der Waals surface area contributed by atoms with E-state index in [2.05, 4.69) is 0 Å². The van der Waals surface area contributed by atoms with Gasteiger partial charge in [0.2, 0.25) is 5.91 Å². The SMILES string of the molecule is N#Cc1ccccc1OCC(O)CN1CCC(C(N)=O)C1. The third-order valence-corrected chi connectivity index (χ3v) is 3.58. The lowest BCUT2D eigenvalue weighted by atomic mass is 10.1. The zero-order chi connectivity index (χ0) is 15.2. The van der Waals surface area contributed by atoms with Gasteiger partial charge >= 0.3 is 0 Å². The molecule has 2 unspecified atom stereocenters. The normalized spacial score (nSPS) is 19.9. The number of nitrogens with zero attached hydrogens (tertiary/aromatic N) is 2. The molecular weight excluding hydrogens is 270 g/mol. The highest BCUT2D eigenvalue weighted by Gasteiger charge is 2.27. The van der Waals surface area contributed by atoms with Gasteiger partial charge in [-0.15, -0.1) is 0 Å². The lowest BCUT2D eigenvalue weighted by molar-refractivity contribution is -0.121. The van der Waals surface area contributed by atoms with Crippen LogP contribution in [0, 0.1) is 17.2 Å². The zero-order valence-electron chi connectivity index (χ0n) is 11.7. The van der Waals surface area contributed by atoms with Crippen LogP contribution in [0.1, 0.15) is 12.0 Å². The molecule has 2 rings (SSSR count). The van der Waals surface area contributed by atoms with E-state index in [9.17, 15) is 9.90 Å². The first-order valence-electron chi connectivity index (χ1n) is 6.92. The van der Waals surface area contributed by atoms with Gasteiger partial charge in [-0.3, -0.25) is 9.69 Å². The van der Waals surface area contributed by atoms with E-state index < -0.39 is 6.10 Å². The number of carbonyl (C=O) groups is 1. The smallest absolute Gasteiger partial charge is 0.221 e. The van der Waals surface area contributed by atoms with Gasteiger partial charge in [0.05, 0.1) is 11.5 Å². The van der Waals surface area contributed by atoms with Crippen LogP contribution >= 0.6 is 0 Å². The van der Waals surface area contributed by atoms with Crippen molar-refractivity contribution in [2.24, 2.45) is 11.7 Å². The van der Waals surface area contributed by atoms with E-state index in [1.54, 1.807) is 24.3 Å². The van der Waals surface area contributed by atoms with Gasteiger partial charge in [-0.25, -0.2) is 0 Å². The number of benzene rings is 1. The highest BCUT2D eigenvalue weighted by atomic mass is 16.5. The van der Waals surface area contributed by atoms with Crippen LogP contribution in [0.15, 0.2) is 24.3 Å². The Morgan fingerprint density at radius 1 is 1.57 bits per heavy atom. The molecule has 0 bridgehead atoms. The summed E-state index contributed by atoms with van der Waals surface area (Å²) in [6, 6.07) is 8.95. The second-order valence-corrected chi connectivity index (χ2v) is 5.22. The fourth-order valence-electron chi connectivity index (χ4n) is 2.45. The molecule has 1 aromatic rings. The molecule has 3 N–H and O–H groups in total. The molecule has 6 nitrogen and oxygen atoms in total. The molecule has 0 aliphatic carbocycles. The molecule has 1 heterocycles. The molecule has 1 amide bonds. The van der Waals surface area contributed by atoms with E-state index in [1.807, 2.05) is 11.0 Å². The minimum absolute atomic E-state index is 0.108. The highest BCUT2D eigenvalue weighted by molar-refractivity contribution is 5.77. The van der Waals surface area contributed by atoms with Gasteiger partial charge in [0.1, 0.15) is 24.5 Å².